The summed E-state index contributed by atoms with van der Waals surface area (Å²) < 4.78 is 15.3. The number of benzene rings is 1. The molecular formula is C17H18FN3O. The normalized spacial score (nSPS) is 19.9. The molecule has 0 saturated heterocycles. The molecule has 4 nitrogen and oxygen atoms in total. The topological polar surface area (TPSA) is 38.1 Å². The van der Waals surface area contributed by atoms with Crippen LogP contribution in [-0.2, 0) is 19.4 Å². The van der Waals surface area contributed by atoms with Gasteiger partial charge >= 0.3 is 0 Å². The molecule has 1 amide bonds. The maximum Gasteiger partial charge on any atom is 0.261 e. The Balaban J connectivity index is 1.69. The highest BCUT2D eigenvalue weighted by Crippen LogP contribution is 2.31. The smallest absolute Gasteiger partial charge is 0.261 e. The van der Waals surface area contributed by atoms with Gasteiger partial charge in [0.25, 0.3) is 5.91 Å². The minimum atomic E-state index is -0.246. The van der Waals surface area contributed by atoms with Crippen LogP contribution in [-0.4, -0.2) is 22.2 Å². The fourth-order valence-electron chi connectivity index (χ4n) is 3.50. The van der Waals surface area contributed by atoms with E-state index in [1.807, 2.05) is 4.68 Å². The lowest BCUT2D eigenvalue weighted by atomic mass is 9.96. The third-order valence-electron chi connectivity index (χ3n) is 4.74. The van der Waals surface area contributed by atoms with Gasteiger partial charge in [-0.1, -0.05) is 6.92 Å². The monoisotopic (exact) mass is 299 g/mol. The summed E-state index contributed by atoms with van der Waals surface area (Å²) >= 11 is 0. The third kappa shape index (κ3) is 2.03. The Morgan fingerprint density at radius 2 is 2.23 bits per heavy atom. The Hall–Kier alpha value is -2.17. The molecule has 0 N–H and O–H groups in total. The van der Waals surface area contributed by atoms with Crippen molar-refractivity contribution in [3.8, 4) is 0 Å². The molecule has 2 aliphatic rings. The average Bonchev–Trinajstić information content (AvgIpc) is 3.09. The first-order chi connectivity index (χ1) is 10.6. The van der Waals surface area contributed by atoms with E-state index in [0.717, 1.165) is 36.3 Å². The summed E-state index contributed by atoms with van der Waals surface area (Å²) in [5.41, 5.74) is 3.47. The number of nitrogens with zero attached hydrogens (tertiary/aromatic N) is 3. The first-order valence-electron chi connectivity index (χ1n) is 7.78. The summed E-state index contributed by atoms with van der Waals surface area (Å²) in [6, 6.07) is 4.65. The Morgan fingerprint density at radius 3 is 3.09 bits per heavy atom. The van der Waals surface area contributed by atoms with E-state index in [1.165, 1.54) is 12.1 Å². The van der Waals surface area contributed by atoms with E-state index in [2.05, 4.69) is 12.0 Å². The number of fused-ring (bicyclic) bond motifs is 2. The predicted octanol–water partition coefficient (Wildman–Crippen LogP) is 2.81. The van der Waals surface area contributed by atoms with Gasteiger partial charge in [-0.3, -0.25) is 9.48 Å². The number of hydrogen-bond donors (Lipinski definition) is 0. The van der Waals surface area contributed by atoms with E-state index in [0.29, 0.717) is 24.4 Å². The molecule has 0 fully saturated rings. The van der Waals surface area contributed by atoms with Crippen molar-refractivity contribution in [2.75, 3.05) is 11.4 Å². The Bertz CT molecular complexity index is 752. The van der Waals surface area contributed by atoms with Gasteiger partial charge in [-0.15, -0.1) is 0 Å². The van der Waals surface area contributed by atoms with Crippen LogP contribution in [0.1, 0.15) is 35.0 Å². The molecule has 4 rings (SSSR count). The van der Waals surface area contributed by atoms with Gasteiger partial charge in [0.05, 0.1) is 17.5 Å². The molecule has 2 aromatic rings. The molecule has 114 valence electrons. The maximum absolute atomic E-state index is 13.3. The second-order valence-corrected chi connectivity index (χ2v) is 6.31. The van der Waals surface area contributed by atoms with Gasteiger partial charge in [0.2, 0.25) is 0 Å². The zero-order valence-corrected chi connectivity index (χ0v) is 12.6. The number of hydrogen-bond acceptors (Lipinski definition) is 2. The van der Waals surface area contributed by atoms with Crippen molar-refractivity contribution in [1.82, 2.24) is 9.78 Å². The van der Waals surface area contributed by atoms with Gasteiger partial charge in [-0.2, -0.15) is 5.10 Å². The first kappa shape index (κ1) is 13.5. The molecule has 1 aromatic carbocycles. The highest BCUT2D eigenvalue weighted by atomic mass is 19.1. The number of aromatic nitrogens is 2. The van der Waals surface area contributed by atoms with Crippen molar-refractivity contribution in [3.05, 3.63) is 47.0 Å². The van der Waals surface area contributed by atoms with Crippen molar-refractivity contribution in [3.63, 3.8) is 0 Å². The number of amides is 1. The summed E-state index contributed by atoms with van der Waals surface area (Å²) in [6.07, 6.45) is 4.40. The molecule has 2 aliphatic heterocycles. The van der Waals surface area contributed by atoms with Crippen molar-refractivity contribution in [1.29, 1.82) is 0 Å². The molecule has 22 heavy (non-hydrogen) atoms. The minimum Gasteiger partial charge on any atom is -0.308 e. The number of carbonyl (C=O) groups excluding carboxylic acids is 1. The van der Waals surface area contributed by atoms with Crippen LogP contribution < -0.4 is 4.90 Å². The molecule has 3 heterocycles. The largest absolute Gasteiger partial charge is 0.308 e. The van der Waals surface area contributed by atoms with Crippen molar-refractivity contribution >= 4 is 11.6 Å². The SMILES string of the molecule is CC1CCn2ncc(C(=O)N3CCc4cc(F)ccc43)c2C1. The lowest BCUT2D eigenvalue weighted by Gasteiger charge is -2.22. The van der Waals surface area contributed by atoms with Crippen molar-refractivity contribution in [2.45, 2.75) is 32.7 Å². The van der Waals surface area contributed by atoms with E-state index in [4.69, 9.17) is 0 Å². The quantitative estimate of drug-likeness (QED) is 0.812. The van der Waals surface area contributed by atoms with E-state index in [9.17, 15) is 9.18 Å². The highest BCUT2D eigenvalue weighted by molar-refractivity contribution is 6.07. The second kappa shape index (κ2) is 4.93. The van der Waals surface area contributed by atoms with Crippen LogP contribution in [0.2, 0.25) is 0 Å². The van der Waals surface area contributed by atoms with Crippen LogP contribution in [0.4, 0.5) is 10.1 Å². The number of carbonyl (C=O) groups is 1. The molecule has 0 saturated carbocycles. The van der Waals surface area contributed by atoms with Crippen LogP contribution in [0, 0.1) is 11.7 Å². The number of rotatable bonds is 1. The van der Waals surface area contributed by atoms with Crippen LogP contribution in [0.15, 0.2) is 24.4 Å². The Morgan fingerprint density at radius 1 is 1.36 bits per heavy atom. The van der Waals surface area contributed by atoms with E-state index in [-0.39, 0.29) is 11.7 Å². The lowest BCUT2D eigenvalue weighted by molar-refractivity contribution is 0.0987. The van der Waals surface area contributed by atoms with Gasteiger partial charge in [0, 0.05) is 18.8 Å². The molecule has 0 bridgehead atoms. The molecule has 5 heteroatoms. The summed E-state index contributed by atoms with van der Waals surface area (Å²) in [7, 11) is 0. The van der Waals surface area contributed by atoms with Crippen molar-refractivity contribution < 1.29 is 9.18 Å². The second-order valence-electron chi connectivity index (χ2n) is 6.31. The van der Waals surface area contributed by atoms with Crippen LogP contribution in [0.25, 0.3) is 0 Å². The van der Waals surface area contributed by atoms with Gasteiger partial charge in [-0.05, 0) is 48.9 Å². The van der Waals surface area contributed by atoms with Gasteiger partial charge < -0.3 is 4.90 Å². The summed E-state index contributed by atoms with van der Waals surface area (Å²) in [5, 5.41) is 4.36. The number of halogens is 1. The van der Waals surface area contributed by atoms with Crippen molar-refractivity contribution in [2.24, 2.45) is 5.92 Å². The van der Waals surface area contributed by atoms with Gasteiger partial charge in [0.15, 0.2) is 0 Å². The Labute approximate surface area is 128 Å². The van der Waals surface area contributed by atoms with E-state index >= 15 is 0 Å². The van der Waals surface area contributed by atoms with Crippen LogP contribution in [0.3, 0.4) is 0 Å². The third-order valence-corrected chi connectivity index (χ3v) is 4.74. The molecule has 1 unspecified atom stereocenters. The Kier molecular flexibility index (Phi) is 3.03. The number of anilines is 1. The highest BCUT2D eigenvalue weighted by Gasteiger charge is 2.30. The summed E-state index contributed by atoms with van der Waals surface area (Å²) in [6.45, 7) is 3.70. The minimum absolute atomic E-state index is 0.0132. The van der Waals surface area contributed by atoms with E-state index in [1.54, 1.807) is 17.2 Å². The average molecular weight is 299 g/mol. The van der Waals surface area contributed by atoms with Crippen LogP contribution >= 0.6 is 0 Å². The summed E-state index contributed by atoms with van der Waals surface area (Å²) in [5.74, 6) is 0.321. The fraction of sp³-hybridized carbons (Fsp3) is 0.412. The van der Waals surface area contributed by atoms with Gasteiger partial charge in [-0.25, -0.2) is 4.39 Å². The summed E-state index contributed by atoms with van der Waals surface area (Å²) in [4.78, 5) is 14.7. The van der Waals surface area contributed by atoms with E-state index < -0.39 is 0 Å². The first-order valence-corrected chi connectivity index (χ1v) is 7.78. The van der Waals surface area contributed by atoms with Crippen LogP contribution in [0.5, 0.6) is 0 Å². The zero-order valence-electron chi connectivity index (χ0n) is 12.6. The zero-order chi connectivity index (χ0) is 15.3. The molecule has 1 atom stereocenters. The number of aryl methyl sites for hydroxylation is 1. The fourth-order valence-corrected chi connectivity index (χ4v) is 3.50. The molecule has 0 aliphatic carbocycles. The predicted molar refractivity (Wildman–Crippen MR) is 81.5 cm³/mol. The maximum atomic E-state index is 13.3. The van der Waals surface area contributed by atoms with Gasteiger partial charge in [0.1, 0.15) is 5.82 Å². The molecule has 0 radical (unpaired) electrons. The standard InChI is InChI=1S/C17H18FN3O/c1-11-4-7-21-16(8-11)14(10-19-21)17(22)20-6-5-12-9-13(18)2-3-15(12)20/h2-3,9-11H,4-8H2,1H3. The lowest BCUT2D eigenvalue weighted by Crippen LogP contribution is -2.30. The molecule has 1 aromatic heterocycles. The molecular weight excluding hydrogens is 281 g/mol. The molecule has 0 spiro atoms.